The summed E-state index contributed by atoms with van der Waals surface area (Å²) in [4.78, 5) is 3.24. The summed E-state index contributed by atoms with van der Waals surface area (Å²) in [6, 6.07) is 10.9. The minimum absolute atomic E-state index is 0.0208. The standard InChI is InChI=1S/C23H17F6N3O3S/c24-22(25,26)15-5-3-6-17(10-15)36(34,35)19-7-2-1-4-14(19)11-30-21(33)18-13-32-12-16(23(27,28)29)8-9-20(32)31-18/h1-10,12-13,21,30,33H,11H2. The van der Waals surface area contributed by atoms with Gasteiger partial charge in [0.2, 0.25) is 9.84 Å². The molecular weight excluding hydrogens is 512 g/mol. The lowest BCUT2D eigenvalue weighted by Crippen LogP contribution is -2.22. The first-order chi connectivity index (χ1) is 16.8. The van der Waals surface area contributed by atoms with Crippen molar-refractivity contribution in [3.05, 3.63) is 95.4 Å². The molecular formula is C23H17F6N3O3S. The molecule has 0 fully saturated rings. The fourth-order valence-corrected chi connectivity index (χ4v) is 5.04. The molecule has 0 bridgehead atoms. The van der Waals surface area contributed by atoms with Crippen molar-refractivity contribution in [1.82, 2.24) is 14.7 Å². The minimum atomic E-state index is -4.73. The Balaban J connectivity index is 1.58. The number of alkyl halides is 6. The fraction of sp³-hybridized carbons (Fsp3) is 0.174. The zero-order chi connectivity index (χ0) is 26.3. The number of nitrogens with zero attached hydrogens (tertiary/aromatic N) is 2. The van der Waals surface area contributed by atoms with Crippen LogP contribution in [0.2, 0.25) is 0 Å². The highest BCUT2D eigenvalue weighted by Gasteiger charge is 2.33. The lowest BCUT2D eigenvalue weighted by atomic mass is 10.2. The second-order valence-electron chi connectivity index (χ2n) is 7.77. The molecule has 2 aromatic heterocycles. The third-order valence-electron chi connectivity index (χ3n) is 5.30. The number of aliphatic hydroxyl groups is 1. The number of benzene rings is 2. The molecule has 190 valence electrons. The second kappa shape index (κ2) is 9.22. The summed E-state index contributed by atoms with van der Waals surface area (Å²) in [7, 11) is -4.35. The normalized spacial score (nSPS) is 13.8. The van der Waals surface area contributed by atoms with Crippen LogP contribution in [0.3, 0.4) is 0 Å². The van der Waals surface area contributed by atoms with Gasteiger partial charge in [0.15, 0.2) is 0 Å². The SMILES string of the molecule is O=S(=O)(c1cccc(C(F)(F)F)c1)c1ccccc1CNC(O)c1cn2cc(C(F)(F)F)ccc2n1. The Morgan fingerprint density at radius 3 is 2.28 bits per heavy atom. The Hall–Kier alpha value is -3.42. The van der Waals surface area contributed by atoms with Gasteiger partial charge in [-0.15, -0.1) is 0 Å². The van der Waals surface area contributed by atoms with E-state index < -0.39 is 44.4 Å². The molecule has 36 heavy (non-hydrogen) atoms. The van der Waals surface area contributed by atoms with Crippen molar-refractivity contribution in [1.29, 1.82) is 0 Å². The molecule has 1 unspecified atom stereocenters. The van der Waals surface area contributed by atoms with Gasteiger partial charge >= 0.3 is 12.4 Å². The van der Waals surface area contributed by atoms with Crippen LogP contribution in [0.1, 0.15) is 28.6 Å². The molecule has 0 amide bonds. The molecule has 6 nitrogen and oxygen atoms in total. The molecule has 0 aliphatic rings. The van der Waals surface area contributed by atoms with Gasteiger partial charge in [0.1, 0.15) is 17.6 Å². The van der Waals surface area contributed by atoms with E-state index in [1.54, 1.807) is 0 Å². The molecule has 0 aliphatic heterocycles. The third-order valence-corrected chi connectivity index (χ3v) is 7.15. The van der Waals surface area contributed by atoms with Crippen molar-refractivity contribution in [2.24, 2.45) is 0 Å². The van der Waals surface area contributed by atoms with Gasteiger partial charge in [-0.25, -0.2) is 13.4 Å². The van der Waals surface area contributed by atoms with E-state index in [9.17, 15) is 39.9 Å². The van der Waals surface area contributed by atoms with Crippen LogP contribution in [0.4, 0.5) is 26.3 Å². The van der Waals surface area contributed by atoms with Crippen LogP contribution < -0.4 is 5.32 Å². The molecule has 13 heteroatoms. The maximum absolute atomic E-state index is 13.1. The molecule has 4 rings (SSSR count). The Morgan fingerprint density at radius 2 is 1.58 bits per heavy atom. The van der Waals surface area contributed by atoms with Crippen molar-refractivity contribution in [3.63, 3.8) is 0 Å². The van der Waals surface area contributed by atoms with Crippen molar-refractivity contribution in [2.75, 3.05) is 0 Å². The van der Waals surface area contributed by atoms with Gasteiger partial charge in [-0.2, -0.15) is 26.3 Å². The quantitative estimate of drug-likeness (QED) is 0.272. The smallest absolute Gasteiger partial charge is 0.373 e. The third kappa shape index (κ3) is 5.22. The highest BCUT2D eigenvalue weighted by atomic mass is 32.2. The highest BCUT2D eigenvalue weighted by molar-refractivity contribution is 7.91. The maximum atomic E-state index is 13.1. The van der Waals surface area contributed by atoms with Crippen LogP contribution in [0.25, 0.3) is 5.65 Å². The number of aliphatic hydroxyl groups excluding tert-OH is 1. The van der Waals surface area contributed by atoms with E-state index in [1.165, 1.54) is 30.5 Å². The van der Waals surface area contributed by atoms with E-state index >= 15 is 0 Å². The van der Waals surface area contributed by atoms with Crippen LogP contribution >= 0.6 is 0 Å². The average molecular weight is 529 g/mol. The number of sulfone groups is 1. The van der Waals surface area contributed by atoms with E-state index in [0.29, 0.717) is 6.07 Å². The lowest BCUT2D eigenvalue weighted by Gasteiger charge is -2.15. The van der Waals surface area contributed by atoms with Gasteiger partial charge in [-0.05, 0) is 42.0 Å². The molecule has 0 spiro atoms. The Kier molecular flexibility index (Phi) is 6.58. The number of rotatable bonds is 6. The van der Waals surface area contributed by atoms with E-state index in [-0.39, 0.29) is 28.3 Å². The van der Waals surface area contributed by atoms with E-state index in [2.05, 4.69) is 10.3 Å². The van der Waals surface area contributed by atoms with E-state index in [1.807, 2.05) is 0 Å². The molecule has 2 N–H and O–H groups in total. The minimum Gasteiger partial charge on any atom is -0.373 e. The Labute approximate surface area is 200 Å². The van der Waals surface area contributed by atoms with Gasteiger partial charge in [0.05, 0.1) is 20.9 Å². The molecule has 0 saturated carbocycles. The monoisotopic (exact) mass is 529 g/mol. The second-order valence-corrected chi connectivity index (χ2v) is 9.69. The summed E-state index contributed by atoms with van der Waals surface area (Å²) in [5, 5.41) is 13.1. The van der Waals surface area contributed by atoms with Gasteiger partial charge in [0, 0.05) is 18.9 Å². The highest BCUT2D eigenvalue weighted by Crippen LogP contribution is 2.33. The van der Waals surface area contributed by atoms with Crippen molar-refractivity contribution >= 4 is 15.5 Å². The number of pyridine rings is 1. The molecule has 2 aromatic carbocycles. The van der Waals surface area contributed by atoms with Crippen LogP contribution in [-0.4, -0.2) is 22.9 Å². The van der Waals surface area contributed by atoms with Gasteiger partial charge in [-0.1, -0.05) is 24.3 Å². The van der Waals surface area contributed by atoms with Crippen LogP contribution in [0, 0.1) is 0 Å². The molecule has 0 radical (unpaired) electrons. The number of fused-ring (bicyclic) bond motifs is 1. The zero-order valence-electron chi connectivity index (χ0n) is 18.0. The predicted molar refractivity (Wildman–Crippen MR) is 115 cm³/mol. The average Bonchev–Trinajstić information content (AvgIpc) is 3.25. The first kappa shape index (κ1) is 25.7. The van der Waals surface area contributed by atoms with Gasteiger partial charge in [0.25, 0.3) is 0 Å². The summed E-state index contributed by atoms with van der Waals surface area (Å²) in [6.07, 6.45) is -8.78. The first-order valence-electron chi connectivity index (χ1n) is 10.2. The van der Waals surface area contributed by atoms with E-state index in [0.717, 1.165) is 40.9 Å². The van der Waals surface area contributed by atoms with Gasteiger partial charge < -0.3 is 9.51 Å². The number of hydrogen-bond donors (Lipinski definition) is 2. The first-order valence-corrected chi connectivity index (χ1v) is 11.7. The summed E-state index contributed by atoms with van der Waals surface area (Å²) in [5.74, 6) is 0. The predicted octanol–water partition coefficient (Wildman–Crippen LogP) is 4.99. The largest absolute Gasteiger partial charge is 0.417 e. The maximum Gasteiger partial charge on any atom is 0.417 e. The number of halogens is 6. The Morgan fingerprint density at radius 1 is 0.889 bits per heavy atom. The van der Waals surface area contributed by atoms with E-state index in [4.69, 9.17) is 0 Å². The van der Waals surface area contributed by atoms with Gasteiger partial charge in [-0.3, -0.25) is 5.32 Å². The number of nitrogens with one attached hydrogen (secondary N) is 1. The lowest BCUT2D eigenvalue weighted by molar-refractivity contribution is -0.138. The number of imidazole rings is 1. The topological polar surface area (TPSA) is 83.7 Å². The van der Waals surface area contributed by atoms with Crippen LogP contribution in [0.5, 0.6) is 0 Å². The number of hydrogen-bond acceptors (Lipinski definition) is 5. The molecule has 4 aromatic rings. The van der Waals surface area contributed by atoms with Crippen LogP contribution in [-0.2, 0) is 28.7 Å². The summed E-state index contributed by atoms with van der Waals surface area (Å²) in [6.45, 7) is -0.239. The Bertz CT molecular complexity index is 1510. The van der Waals surface area contributed by atoms with Crippen molar-refractivity contribution in [3.8, 4) is 0 Å². The summed E-state index contributed by atoms with van der Waals surface area (Å²) >= 11 is 0. The molecule has 0 aliphatic carbocycles. The van der Waals surface area contributed by atoms with Crippen molar-refractivity contribution in [2.45, 2.75) is 34.9 Å². The molecule has 0 saturated heterocycles. The zero-order valence-corrected chi connectivity index (χ0v) is 18.9. The number of aromatic nitrogens is 2. The summed E-state index contributed by atoms with van der Waals surface area (Å²) < 4.78 is 105. The summed E-state index contributed by atoms with van der Waals surface area (Å²) in [5.41, 5.74) is -1.75. The van der Waals surface area contributed by atoms with Crippen molar-refractivity contribution < 1.29 is 39.9 Å². The fourth-order valence-electron chi connectivity index (χ4n) is 3.50. The molecule has 1 atom stereocenters. The molecule has 2 heterocycles. The van der Waals surface area contributed by atoms with Crippen LogP contribution in [0.15, 0.2) is 82.8 Å².